The molecule has 2 aliphatic rings. The first-order chi connectivity index (χ1) is 9.31. The van der Waals surface area contributed by atoms with Crippen molar-refractivity contribution in [2.45, 2.75) is 32.1 Å². The lowest BCUT2D eigenvalue weighted by molar-refractivity contribution is -0.125. The number of carbonyl (C=O) groups excluding carboxylic acids is 1. The minimum Gasteiger partial charge on any atom is -0.396 e. The maximum Gasteiger partial charge on any atom is 0.230 e. The van der Waals surface area contributed by atoms with Gasteiger partial charge in [-0.2, -0.15) is 0 Å². The predicted molar refractivity (Wildman–Crippen MR) is 75.0 cm³/mol. The molecule has 1 aromatic carbocycles. The van der Waals surface area contributed by atoms with E-state index in [0.29, 0.717) is 0 Å². The van der Waals surface area contributed by atoms with Crippen LogP contribution >= 0.6 is 0 Å². The second-order valence-electron chi connectivity index (χ2n) is 5.70. The highest BCUT2D eigenvalue weighted by Crippen LogP contribution is 2.35. The summed E-state index contributed by atoms with van der Waals surface area (Å²) in [4.78, 5) is 14.7. The summed E-state index contributed by atoms with van der Waals surface area (Å²) in [6.45, 7) is 0.943. The standard InChI is InChI=1S/C16H21NO2/c18-11-13-6-1-3-7-14(13)16(19)17-10-9-12-5-2-4-8-15(12)17/h2,4-5,8,13-14,18H,1,3,6-7,9-11H2. The van der Waals surface area contributed by atoms with Crippen LogP contribution in [0.5, 0.6) is 0 Å². The van der Waals surface area contributed by atoms with E-state index in [0.717, 1.165) is 44.3 Å². The second kappa shape index (κ2) is 5.33. The van der Waals surface area contributed by atoms with Gasteiger partial charge in [0.15, 0.2) is 0 Å². The van der Waals surface area contributed by atoms with Gasteiger partial charge in [-0.3, -0.25) is 4.79 Å². The molecule has 102 valence electrons. The highest BCUT2D eigenvalue weighted by Gasteiger charge is 2.35. The molecule has 1 heterocycles. The largest absolute Gasteiger partial charge is 0.396 e. The first-order valence-electron chi connectivity index (χ1n) is 7.31. The van der Waals surface area contributed by atoms with Crippen molar-refractivity contribution in [1.82, 2.24) is 0 Å². The number of nitrogens with zero attached hydrogens (tertiary/aromatic N) is 1. The molecular formula is C16H21NO2. The number of rotatable bonds is 2. The van der Waals surface area contributed by atoms with E-state index in [-0.39, 0.29) is 24.3 Å². The third-order valence-electron chi connectivity index (χ3n) is 4.61. The molecule has 1 saturated carbocycles. The van der Waals surface area contributed by atoms with E-state index < -0.39 is 0 Å². The fraction of sp³-hybridized carbons (Fsp3) is 0.562. The zero-order chi connectivity index (χ0) is 13.2. The van der Waals surface area contributed by atoms with Crippen LogP contribution in [0.3, 0.4) is 0 Å². The van der Waals surface area contributed by atoms with Crippen molar-refractivity contribution in [1.29, 1.82) is 0 Å². The number of anilines is 1. The van der Waals surface area contributed by atoms with Crippen LogP contribution in [0.25, 0.3) is 0 Å². The Balaban J connectivity index is 1.81. The molecule has 1 amide bonds. The Bertz CT molecular complexity index is 472. The average molecular weight is 259 g/mol. The molecule has 0 spiro atoms. The van der Waals surface area contributed by atoms with E-state index in [1.807, 2.05) is 23.1 Å². The normalized spacial score (nSPS) is 26.3. The average Bonchev–Trinajstić information content (AvgIpc) is 2.90. The number of aliphatic hydroxyl groups is 1. The zero-order valence-electron chi connectivity index (χ0n) is 11.2. The molecule has 3 rings (SSSR count). The van der Waals surface area contributed by atoms with Gasteiger partial charge in [-0.1, -0.05) is 31.0 Å². The van der Waals surface area contributed by atoms with Gasteiger partial charge in [0.05, 0.1) is 0 Å². The van der Waals surface area contributed by atoms with Crippen molar-refractivity contribution >= 4 is 11.6 Å². The van der Waals surface area contributed by atoms with Gasteiger partial charge in [-0.15, -0.1) is 0 Å². The van der Waals surface area contributed by atoms with Crippen LogP contribution in [0.4, 0.5) is 5.69 Å². The third-order valence-corrected chi connectivity index (χ3v) is 4.61. The highest BCUT2D eigenvalue weighted by molar-refractivity contribution is 5.97. The fourth-order valence-corrected chi connectivity index (χ4v) is 3.52. The van der Waals surface area contributed by atoms with Gasteiger partial charge < -0.3 is 10.0 Å². The monoisotopic (exact) mass is 259 g/mol. The van der Waals surface area contributed by atoms with Crippen molar-refractivity contribution in [2.75, 3.05) is 18.1 Å². The number of fused-ring (bicyclic) bond motifs is 1. The molecule has 3 heteroatoms. The van der Waals surface area contributed by atoms with Crippen molar-refractivity contribution in [2.24, 2.45) is 11.8 Å². The Kier molecular flexibility index (Phi) is 3.56. The van der Waals surface area contributed by atoms with Crippen LogP contribution in [-0.2, 0) is 11.2 Å². The molecule has 1 N–H and O–H groups in total. The molecule has 2 unspecified atom stereocenters. The van der Waals surface area contributed by atoms with Crippen molar-refractivity contribution in [3.63, 3.8) is 0 Å². The van der Waals surface area contributed by atoms with Gasteiger partial charge >= 0.3 is 0 Å². The number of aliphatic hydroxyl groups excluding tert-OH is 1. The zero-order valence-corrected chi connectivity index (χ0v) is 11.2. The minimum atomic E-state index is 0.0184. The number of carbonyl (C=O) groups is 1. The summed E-state index contributed by atoms with van der Waals surface area (Å²) >= 11 is 0. The number of hydrogen-bond donors (Lipinski definition) is 1. The molecule has 0 bridgehead atoms. The lowest BCUT2D eigenvalue weighted by Crippen LogP contribution is -2.40. The third kappa shape index (κ3) is 2.27. The minimum absolute atomic E-state index is 0.0184. The van der Waals surface area contributed by atoms with Crippen LogP contribution in [0.15, 0.2) is 24.3 Å². The Morgan fingerprint density at radius 1 is 1.26 bits per heavy atom. The molecule has 2 atom stereocenters. The molecule has 1 aliphatic carbocycles. The first-order valence-corrected chi connectivity index (χ1v) is 7.31. The van der Waals surface area contributed by atoms with Crippen molar-refractivity contribution in [3.05, 3.63) is 29.8 Å². The number of hydrogen-bond acceptors (Lipinski definition) is 2. The number of para-hydroxylation sites is 1. The quantitative estimate of drug-likeness (QED) is 0.886. The molecule has 1 fully saturated rings. The van der Waals surface area contributed by atoms with Gasteiger partial charge in [-0.25, -0.2) is 0 Å². The number of amides is 1. The molecule has 3 nitrogen and oxygen atoms in total. The summed E-state index contributed by atoms with van der Waals surface area (Å²) in [6, 6.07) is 8.17. The molecule has 0 saturated heterocycles. The Labute approximate surface area is 114 Å². The Hall–Kier alpha value is -1.35. The molecule has 0 aromatic heterocycles. The summed E-state index contributed by atoms with van der Waals surface area (Å²) in [5.41, 5.74) is 2.35. The van der Waals surface area contributed by atoms with Crippen LogP contribution in [0.2, 0.25) is 0 Å². The molecule has 0 radical (unpaired) electrons. The summed E-state index contributed by atoms with van der Waals surface area (Å²) in [5, 5.41) is 9.48. The second-order valence-corrected chi connectivity index (χ2v) is 5.70. The SMILES string of the molecule is O=C(C1CCCCC1CO)N1CCc2ccccc21. The lowest BCUT2D eigenvalue weighted by Gasteiger charge is -2.32. The van der Waals surface area contributed by atoms with E-state index in [2.05, 4.69) is 6.07 Å². The van der Waals surface area contributed by atoms with Gasteiger partial charge in [-0.05, 0) is 36.8 Å². The van der Waals surface area contributed by atoms with Gasteiger partial charge in [0, 0.05) is 24.8 Å². The van der Waals surface area contributed by atoms with Crippen LogP contribution in [-0.4, -0.2) is 24.2 Å². The van der Waals surface area contributed by atoms with E-state index in [9.17, 15) is 9.90 Å². The van der Waals surface area contributed by atoms with Crippen molar-refractivity contribution in [3.8, 4) is 0 Å². The van der Waals surface area contributed by atoms with E-state index in [1.54, 1.807) is 0 Å². The molecule has 19 heavy (non-hydrogen) atoms. The Morgan fingerprint density at radius 2 is 2.05 bits per heavy atom. The summed E-state index contributed by atoms with van der Waals surface area (Å²) in [7, 11) is 0. The van der Waals surface area contributed by atoms with Crippen molar-refractivity contribution < 1.29 is 9.90 Å². The number of benzene rings is 1. The highest BCUT2D eigenvalue weighted by atomic mass is 16.3. The van der Waals surface area contributed by atoms with Gasteiger partial charge in [0.1, 0.15) is 0 Å². The lowest BCUT2D eigenvalue weighted by atomic mass is 9.79. The first kappa shape index (κ1) is 12.7. The van der Waals surface area contributed by atoms with E-state index in [1.165, 1.54) is 5.56 Å². The van der Waals surface area contributed by atoms with Gasteiger partial charge in [0.2, 0.25) is 5.91 Å². The fourth-order valence-electron chi connectivity index (χ4n) is 3.52. The maximum atomic E-state index is 12.7. The summed E-state index contributed by atoms with van der Waals surface area (Å²) < 4.78 is 0. The molecule has 1 aromatic rings. The maximum absolute atomic E-state index is 12.7. The predicted octanol–water partition coefficient (Wildman–Crippen LogP) is 2.37. The molecule has 1 aliphatic heterocycles. The van der Waals surface area contributed by atoms with E-state index >= 15 is 0 Å². The smallest absolute Gasteiger partial charge is 0.230 e. The van der Waals surface area contributed by atoms with Crippen LogP contribution in [0, 0.1) is 11.8 Å². The van der Waals surface area contributed by atoms with Crippen LogP contribution in [0.1, 0.15) is 31.2 Å². The van der Waals surface area contributed by atoms with E-state index in [4.69, 9.17) is 0 Å². The van der Waals surface area contributed by atoms with Gasteiger partial charge in [0.25, 0.3) is 0 Å². The van der Waals surface area contributed by atoms with Crippen LogP contribution < -0.4 is 4.90 Å². The summed E-state index contributed by atoms with van der Waals surface area (Å²) in [6.07, 6.45) is 5.14. The topological polar surface area (TPSA) is 40.5 Å². The summed E-state index contributed by atoms with van der Waals surface area (Å²) in [5.74, 6) is 0.405. The Morgan fingerprint density at radius 3 is 2.89 bits per heavy atom. The molecular weight excluding hydrogens is 238 g/mol.